The maximum absolute atomic E-state index is 5.75. The Labute approximate surface area is 112 Å². The van der Waals surface area contributed by atoms with Crippen LogP contribution in [0.3, 0.4) is 0 Å². The number of nitrogens with zero attached hydrogens (tertiary/aromatic N) is 1. The van der Waals surface area contributed by atoms with E-state index in [-0.39, 0.29) is 0 Å². The number of rotatable bonds is 3. The van der Waals surface area contributed by atoms with Gasteiger partial charge >= 0.3 is 0 Å². The molecule has 0 radical (unpaired) electrons. The quantitative estimate of drug-likeness (QED) is 0.796. The van der Waals surface area contributed by atoms with Crippen molar-refractivity contribution >= 4 is 15.9 Å². The largest absolute Gasteiger partial charge is 0.374 e. The standard InChI is InChI=1S/C14H20BrNO/c1-11-5-3-4-6-13(11)8-16-9-14(7-15)17-10-12(16)2/h3-6,12,14H,7-10H2,1-2H3. The van der Waals surface area contributed by atoms with Crippen LogP contribution in [-0.2, 0) is 11.3 Å². The molecule has 1 fully saturated rings. The zero-order valence-corrected chi connectivity index (χ0v) is 12.1. The first-order valence-corrected chi connectivity index (χ1v) is 7.29. The second-order valence-corrected chi connectivity index (χ2v) is 5.46. The average molecular weight is 298 g/mol. The molecule has 0 bridgehead atoms. The van der Waals surface area contributed by atoms with Crippen LogP contribution in [0.25, 0.3) is 0 Å². The third-order valence-corrected chi connectivity index (χ3v) is 4.16. The summed E-state index contributed by atoms with van der Waals surface area (Å²) in [4.78, 5) is 2.51. The molecule has 1 saturated heterocycles. The molecule has 1 aromatic carbocycles. The van der Waals surface area contributed by atoms with Crippen LogP contribution in [0.4, 0.5) is 0 Å². The van der Waals surface area contributed by atoms with Gasteiger partial charge in [0.25, 0.3) is 0 Å². The van der Waals surface area contributed by atoms with Crippen LogP contribution in [0, 0.1) is 6.92 Å². The smallest absolute Gasteiger partial charge is 0.0799 e. The van der Waals surface area contributed by atoms with Crippen LogP contribution < -0.4 is 0 Å². The molecule has 0 spiro atoms. The molecule has 1 aromatic rings. The summed E-state index contributed by atoms with van der Waals surface area (Å²) in [6, 6.07) is 9.13. The number of ether oxygens (including phenoxy) is 1. The van der Waals surface area contributed by atoms with E-state index in [2.05, 4.69) is 58.9 Å². The Hall–Kier alpha value is -0.380. The van der Waals surface area contributed by atoms with Crippen molar-refractivity contribution in [2.24, 2.45) is 0 Å². The molecule has 1 aliphatic heterocycles. The normalized spacial score (nSPS) is 26.1. The van der Waals surface area contributed by atoms with Crippen molar-refractivity contribution in [1.29, 1.82) is 0 Å². The molecule has 0 aliphatic carbocycles. The number of aryl methyl sites for hydroxylation is 1. The lowest BCUT2D eigenvalue weighted by molar-refractivity contribution is -0.0500. The average Bonchev–Trinajstić information content (AvgIpc) is 2.35. The minimum atomic E-state index is 0.329. The van der Waals surface area contributed by atoms with Gasteiger partial charge in [-0.3, -0.25) is 4.90 Å². The van der Waals surface area contributed by atoms with Gasteiger partial charge in [-0.05, 0) is 25.0 Å². The first-order valence-electron chi connectivity index (χ1n) is 6.17. The Morgan fingerprint density at radius 1 is 1.41 bits per heavy atom. The zero-order chi connectivity index (χ0) is 12.3. The lowest BCUT2D eigenvalue weighted by atomic mass is 10.1. The fourth-order valence-electron chi connectivity index (χ4n) is 2.19. The van der Waals surface area contributed by atoms with Gasteiger partial charge in [0.2, 0.25) is 0 Å². The highest BCUT2D eigenvalue weighted by Crippen LogP contribution is 2.18. The fourth-order valence-corrected chi connectivity index (χ4v) is 2.59. The molecule has 94 valence electrons. The summed E-state index contributed by atoms with van der Waals surface area (Å²) in [5.74, 6) is 0. The summed E-state index contributed by atoms with van der Waals surface area (Å²) in [6.07, 6.45) is 0.329. The van der Waals surface area contributed by atoms with Gasteiger partial charge in [0.05, 0.1) is 12.7 Å². The lowest BCUT2D eigenvalue weighted by Crippen LogP contribution is -2.48. The molecule has 17 heavy (non-hydrogen) atoms. The molecule has 2 rings (SSSR count). The van der Waals surface area contributed by atoms with E-state index in [1.54, 1.807) is 0 Å². The number of alkyl halides is 1. The molecular weight excluding hydrogens is 278 g/mol. The number of hydrogen-bond donors (Lipinski definition) is 0. The highest BCUT2D eigenvalue weighted by Gasteiger charge is 2.25. The predicted molar refractivity (Wildman–Crippen MR) is 74.6 cm³/mol. The van der Waals surface area contributed by atoms with E-state index in [4.69, 9.17) is 4.74 Å². The molecule has 0 N–H and O–H groups in total. The Morgan fingerprint density at radius 2 is 2.18 bits per heavy atom. The highest BCUT2D eigenvalue weighted by molar-refractivity contribution is 9.09. The molecule has 2 unspecified atom stereocenters. The Kier molecular flexibility index (Phi) is 4.60. The van der Waals surface area contributed by atoms with Crippen molar-refractivity contribution in [2.75, 3.05) is 18.5 Å². The first-order chi connectivity index (χ1) is 8.20. The topological polar surface area (TPSA) is 12.5 Å². The van der Waals surface area contributed by atoms with Crippen molar-refractivity contribution in [3.63, 3.8) is 0 Å². The summed E-state index contributed by atoms with van der Waals surface area (Å²) >= 11 is 3.51. The third kappa shape index (κ3) is 3.30. The summed E-state index contributed by atoms with van der Waals surface area (Å²) in [6.45, 7) is 7.30. The maximum Gasteiger partial charge on any atom is 0.0799 e. The maximum atomic E-state index is 5.75. The molecule has 0 amide bonds. The third-order valence-electron chi connectivity index (χ3n) is 3.44. The lowest BCUT2D eigenvalue weighted by Gasteiger charge is -2.37. The zero-order valence-electron chi connectivity index (χ0n) is 10.5. The van der Waals surface area contributed by atoms with Gasteiger partial charge in [0.15, 0.2) is 0 Å². The highest BCUT2D eigenvalue weighted by atomic mass is 79.9. The van der Waals surface area contributed by atoms with Gasteiger partial charge in [-0.15, -0.1) is 0 Å². The Bertz CT molecular complexity index is 369. The second-order valence-electron chi connectivity index (χ2n) is 4.81. The van der Waals surface area contributed by atoms with E-state index < -0.39 is 0 Å². The van der Waals surface area contributed by atoms with E-state index in [0.29, 0.717) is 12.1 Å². The summed E-state index contributed by atoms with van der Waals surface area (Å²) < 4.78 is 5.75. The second kappa shape index (κ2) is 5.98. The Balaban J connectivity index is 2.04. The van der Waals surface area contributed by atoms with Gasteiger partial charge in [-0.1, -0.05) is 40.2 Å². The van der Waals surface area contributed by atoms with Gasteiger partial charge in [-0.25, -0.2) is 0 Å². The van der Waals surface area contributed by atoms with Gasteiger partial charge in [0.1, 0.15) is 0 Å². The molecule has 0 aromatic heterocycles. The van der Waals surface area contributed by atoms with E-state index in [9.17, 15) is 0 Å². The monoisotopic (exact) mass is 297 g/mol. The van der Waals surface area contributed by atoms with Gasteiger partial charge in [-0.2, -0.15) is 0 Å². The van der Waals surface area contributed by atoms with Gasteiger partial charge < -0.3 is 4.74 Å². The van der Waals surface area contributed by atoms with Crippen molar-refractivity contribution in [3.05, 3.63) is 35.4 Å². The first kappa shape index (κ1) is 13.1. The minimum Gasteiger partial charge on any atom is -0.374 e. The van der Waals surface area contributed by atoms with Crippen molar-refractivity contribution < 1.29 is 4.74 Å². The van der Waals surface area contributed by atoms with Crippen molar-refractivity contribution in [1.82, 2.24) is 4.90 Å². The van der Waals surface area contributed by atoms with Crippen LogP contribution in [-0.4, -0.2) is 35.5 Å². The predicted octanol–water partition coefficient (Wildman–Crippen LogP) is 2.98. The fraction of sp³-hybridized carbons (Fsp3) is 0.571. The Morgan fingerprint density at radius 3 is 2.88 bits per heavy atom. The van der Waals surface area contributed by atoms with E-state index >= 15 is 0 Å². The number of halogens is 1. The molecule has 2 nitrogen and oxygen atoms in total. The summed E-state index contributed by atoms with van der Waals surface area (Å²) in [5.41, 5.74) is 2.80. The van der Waals surface area contributed by atoms with Crippen LogP contribution >= 0.6 is 15.9 Å². The van der Waals surface area contributed by atoms with Crippen LogP contribution in [0.15, 0.2) is 24.3 Å². The van der Waals surface area contributed by atoms with Crippen molar-refractivity contribution in [3.8, 4) is 0 Å². The van der Waals surface area contributed by atoms with Crippen LogP contribution in [0.2, 0.25) is 0 Å². The number of hydrogen-bond acceptors (Lipinski definition) is 2. The van der Waals surface area contributed by atoms with Crippen LogP contribution in [0.1, 0.15) is 18.1 Å². The SMILES string of the molecule is Cc1ccccc1CN1CC(CBr)OCC1C. The molecule has 2 atom stereocenters. The van der Waals surface area contributed by atoms with E-state index in [1.807, 2.05) is 0 Å². The van der Waals surface area contributed by atoms with Crippen LogP contribution in [0.5, 0.6) is 0 Å². The number of morpholine rings is 1. The number of benzene rings is 1. The minimum absolute atomic E-state index is 0.329. The molecule has 3 heteroatoms. The van der Waals surface area contributed by atoms with E-state index in [0.717, 1.165) is 25.0 Å². The summed E-state index contributed by atoms with van der Waals surface area (Å²) in [7, 11) is 0. The van der Waals surface area contributed by atoms with Gasteiger partial charge in [0, 0.05) is 24.5 Å². The molecular formula is C14H20BrNO. The van der Waals surface area contributed by atoms with Crippen molar-refractivity contribution in [2.45, 2.75) is 32.5 Å². The molecule has 1 heterocycles. The summed E-state index contributed by atoms with van der Waals surface area (Å²) in [5, 5.41) is 0.921. The molecule has 0 saturated carbocycles. The molecule has 1 aliphatic rings. The van der Waals surface area contributed by atoms with E-state index in [1.165, 1.54) is 11.1 Å².